The van der Waals surface area contributed by atoms with Gasteiger partial charge in [0, 0.05) is 20.1 Å². The van der Waals surface area contributed by atoms with E-state index in [-0.39, 0.29) is 12.1 Å². The van der Waals surface area contributed by atoms with E-state index in [1.165, 1.54) is 154 Å². The van der Waals surface area contributed by atoms with Gasteiger partial charge in [-0.05, 0) is 32.1 Å². The van der Waals surface area contributed by atoms with Crippen LogP contribution in [0.15, 0.2) is 0 Å². The fourth-order valence-electron chi connectivity index (χ4n) is 5.50. The molecule has 0 aliphatic rings. The van der Waals surface area contributed by atoms with Crippen LogP contribution in [0.25, 0.3) is 0 Å². The quantitative estimate of drug-likeness (QED) is 0.0572. The molecule has 0 N–H and O–H groups in total. The number of unbranched alkanes of at least 4 members (excludes halogenated alkanes) is 22. The van der Waals surface area contributed by atoms with Crippen LogP contribution in [0.1, 0.15) is 194 Å². The van der Waals surface area contributed by atoms with Gasteiger partial charge in [0.15, 0.2) is 0 Å². The monoisotopic (exact) mass is 569 g/mol. The highest BCUT2D eigenvalue weighted by Crippen LogP contribution is 2.19. The number of hydrogen-bond donors (Lipinski definition) is 0. The number of carbonyl (C=O) groups is 1. The molecular formula is C36H72O4. The van der Waals surface area contributed by atoms with Crippen molar-refractivity contribution in [2.75, 3.05) is 26.9 Å². The minimum absolute atomic E-state index is 0.0433. The number of ether oxygens (including phenoxy) is 3. The van der Waals surface area contributed by atoms with Gasteiger partial charge in [-0.25, -0.2) is 0 Å². The van der Waals surface area contributed by atoms with Gasteiger partial charge in [0.05, 0.1) is 13.2 Å². The van der Waals surface area contributed by atoms with Crippen molar-refractivity contribution in [1.29, 1.82) is 0 Å². The lowest BCUT2D eigenvalue weighted by molar-refractivity contribution is -0.150. The first-order valence-corrected chi connectivity index (χ1v) is 18.0. The number of esters is 1. The van der Waals surface area contributed by atoms with Crippen LogP contribution in [0.2, 0.25) is 0 Å². The number of methoxy groups -OCH3 is 1. The second-order valence-corrected chi connectivity index (χ2v) is 12.2. The zero-order valence-corrected chi connectivity index (χ0v) is 27.6. The first-order chi connectivity index (χ1) is 19.7. The van der Waals surface area contributed by atoms with Crippen LogP contribution >= 0.6 is 0 Å². The molecule has 0 rings (SSSR count). The minimum Gasteiger partial charge on any atom is -0.462 e. The molecule has 0 heterocycles. The molecule has 0 atom stereocenters. The van der Waals surface area contributed by atoms with E-state index in [2.05, 4.69) is 13.8 Å². The van der Waals surface area contributed by atoms with Crippen molar-refractivity contribution in [2.24, 2.45) is 0 Å². The molecule has 0 aromatic rings. The van der Waals surface area contributed by atoms with Crippen LogP contribution in [-0.2, 0) is 19.0 Å². The van der Waals surface area contributed by atoms with Crippen molar-refractivity contribution < 1.29 is 19.0 Å². The fourth-order valence-corrected chi connectivity index (χ4v) is 5.50. The van der Waals surface area contributed by atoms with E-state index >= 15 is 0 Å². The summed E-state index contributed by atoms with van der Waals surface area (Å²) in [4.78, 5) is 12.5. The van der Waals surface area contributed by atoms with Crippen LogP contribution in [0.5, 0.6) is 0 Å². The smallest absolute Gasteiger partial charge is 0.306 e. The molecule has 0 unspecified atom stereocenters. The minimum atomic E-state index is -0.0433. The lowest BCUT2D eigenvalue weighted by atomic mass is 10.0. The highest BCUT2D eigenvalue weighted by molar-refractivity contribution is 5.69. The van der Waals surface area contributed by atoms with Crippen molar-refractivity contribution in [3.63, 3.8) is 0 Å². The van der Waals surface area contributed by atoms with Crippen LogP contribution in [-0.4, -0.2) is 39.0 Å². The van der Waals surface area contributed by atoms with Gasteiger partial charge >= 0.3 is 5.97 Å². The lowest BCUT2D eigenvalue weighted by Gasteiger charge is -2.18. The molecule has 0 aromatic heterocycles. The third-order valence-corrected chi connectivity index (χ3v) is 8.16. The van der Waals surface area contributed by atoms with Gasteiger partial charge in [0.1, 0.15) is 6.10 Å². The fraction of sp³-hybridized carbons (Fsp3) is 0.972. The Balaban J connectivity index is 4.00. The molecule has 40 heavy (non-hydrogen) atoms. The molecule has 0 aliphatic heterocycles. The summed E-state index contributed by atoms with van der Waals surface area (Å²) in [5, 5.41) is 0. The molecule has 0 spiro atoms. The third-order valence-electron chi connectivity index (χ3n) is 8.16. The maximum absolute atomic E-state index is 12.5. The molecule has 0 fully saturated rings. The van der Waals surface area contributed by atoms with E-state index in [1.807, 2.05) is 0 Å². The Bertz CT molecular complexity index is 453. The summed E-state index contributed by atoms with van der Waals surface area (Å²) in [5.74, 6) is -0.0433. The average Bonchev–Trinajstić information content (AvgIpc) is 2.95. The van der Waals surface area contributed by atoms with E-state index in [9.17, 15) is 4.79 Å². The van der Waals surface area contributed by atoms with Crippen molar-refractivity contribution in [3.8, 4) is 0 Å². The Morgan fingerprint density at radius 3 is 1.23 bits per heavy atom. The van der Waals surface area contributed by atoms with E-state index in [0.29, 0.717) is 26.2 Å². The van der Waals surface area contributed by atoms with E-state index < -0.39 is 0 Å². The van der Waals surface area contributed by atoms with Crippen LogP contribution < -0.4 is 0 Å². The zero-order valence-electron chi connectivity index (χ0n) is 27.6. The van der Waals surface area contributed by atoms with Gasteiger partial charge < -0.3 is 14.2 Å². The molecule has 0 aromatic carbocycles. The Kier molecular flexibility index (Phi) is 34.1. The SMILES string of the molecule is CCCCCCCCCCCCCCC(CCCCCCCCCCCCCC)OC(=O)CCCOCCOC. The first kappa shape index (κ1) is 39.4. The third kappa shape index (κ3) is 31.9. The predicted octanol–water partition coefficient (Wildman–Crippen LogP) is 11.5. The van der Waals surface area contributed by atoms with E-state index in [0.717, 1.165) is 19.3 Å². The van der Waals surface area contributed by atoms with Crippen LogP contribution in [0, 0.1) is 0 Å². The van der Waals surface area contributed by atoms with Gasteiger partial charge in [0.25, 0.3) is 0 Å². The highest BCUT2D eigenvalue weighted by Gasteiger charge is 2.14. The molecule has 0 radical (unpaired) electrons. The summed E-state index contributed by atoms with van der Waals surface area (Å²) in [6, 6.07) is 0. The molecule has 4 heteroatoms. The molecule has 0 amide bonds. The number of carbonyl (C=O) groups excluding carboxylic acids is 1. The van der Waals surface area contributed by atoms with Crippen molar-refractivity contribution >= 4 is 5.97 Å². The van der Waals surface area contributed by atoms with Gasteiger partial charge in [-0.2, -0.15) is 0 Å². The van der Waals surface area contributed by atoms with Gasteiger partial charge in [0.2, 0.25) is 0 Å². The van der Waals surface area contributed by atoms with Crippen molar-refractivity contribution in [3.05, 3.63) is 0 Å². The Morgan fingerprint density at radius 1 is 0.475 bits per heavy atom. The molecule has 4 nitrogen and oxygen atoms in total. The predicted molar refractivity (Wildman–Crippen MR) is 173 cm³/mol. The van der Waals surface area contributed by atoms with Crippen molar-refractivity contribution in [2.45, 2.75) is 200 Å². The highest BCUT2D eigenvalue weighted by atomic mass is 16.5. The lowest BCUT2D eigenvalue weighted by Crippen LogP contribution is -2.19. The topological polar surface area (TPSA) is 44.8 Å². The maximum Gasteiger partial charge on any atom is 0.306 e. The molecular weight excluding hydrogens is 496 g/mol. The normalized spacial score (nSPS) is 11.5. The number of hydrogen-bond acceptors (Lipinski definition) is 4. The van der Waals surface area contributed by atoms with Crippen LogP contribution in [0.3, 0.4) is 0 Å². The average molecular weight is 569 g/mol. The first-order valence-electron chi connectivity index (χ1n) is 18.0. The standard InChI is InChI=1S/C36H72O4/c1-4-6-8-10-12-14-16-18-20-22-24-26-29-35(40-36(37)31-28-32-39-34-33-38-3)30-27-25-23-21-19-17-15-13-11-9-7-5-2/h35H,4-34H2,1-3H3. The Morgan fingerprint density at radius 2 is 0.850 bits per heavy atom. The van der Waals surface area contributed by atoms with Crippen LogP contribution in [0.4, 0.5) is 0 Å². The van der Waals surface area contributed by atoms with E-state index in [4.69, 9.17) is 14.2 Å². The summed E-state index contributed by atoms with van der Waals surface area (Å²) in [5.41, 5.74) is 0. The summed E-state index contributed by atoms with van der Waals surface area (Å²) in [7, 11) is 1.67. The Hall–Kier alpha value is -0.610. The summed E-state index contributed by atoms with van der Waals surface area (Å²) in [6.45, 7) is 6.36. The van der Waals surface area contributed by atoms with Gasteiger partial charge in [-0.1, -0.05) is 155 Å². The summed E-state index contributed by atoms with van der Waals surface area (Å²) < 4.78 is 16.4. The number of rotatable bonds is 34. The maximum atomic E-state index is 12.5. The van der Waals surface area contributed by atoms with Gasteiger partial charge in [-0.3, -0.25) is 4.79 Å². The molecule has 0 saturated heterocycles. The van der Waals surface area contributed by atoms with Gasteiger partial charge in [-0.15, -0.1) is 0 Å². The second-order valence-electron chi connectivity index (χ2n) is 12.2. The Labute approximate surface area is 251 Å². The molecule has 0 bridgehead atoms. The summed E-state index contributed by atoms with van der Waals surface area (Å²) >= 11 is 0. The molecule has 0 aliphatic carbocycles. The largest absolute Gasteiger partial charge is 0.462 e. The molecule has 240 valence electrons. The summed E-state index contributed by atoms with van der Waals surface area (Å²) in [6.07, 6.45) is 36.1. The van der Waals surface area contributed by atoms with E-state index in [1.54, 1.807) is 7.11 Å². The zero-order chi connectivity index (χ0) is 29.2. The molecule has 0 saturated carbocycles. The second kappa shape index (κ2) is 34.6. The van der Waals surface area contributed by atoms with Crippen molar-refractivity contribution in [1.82, 2.24) is 0 Å².